The van der Waals surface area contributed by atoms with Crippen LogP contribution in [0.4, 0.5) is 11.6 Å². The summed E-state index contributed by atoms with van der Waals surface area (Å²) in [6.07, 6.45) is 1.09. The van der Waals surface area contributed by atoms with E-state index in [1.165, 1.54) is 0 Å². The molecule has 114 valence electrons. The van der Waals surface area contributed by atoms with Gasteiger partial charge >= 0.3 is 0 Å². The number of hydrogen-bond donors (Lipinski definition) is 1. The summed E-state index contributed by atoms with van der Waals surface area (Å²) in [5.41, 5.74) is 1.10. The first-order chi connectivity index (χ1) is 9.35. The highest BCUT2D eigenvalue weighted by Gasteiger charge is 2.22. The summed E-state index contributed by atoms with van der Waals surface area (Å²) in [6, 6.07) is 0. The molecule has 1 N–H and O–H groups in total. The summed E-state index contributed by atoms with van der Waals surface area (Å²) >= 11 is 0. The van der Waals surface area contributed by atoms with Gasteiger partial charge in [0.15, 0.2) is 0 Å². The first kappa shape index (κ1) is 16.7. The lowest BCUT2D eigenvalue weighted by Gasteiger charge is -2.26. The van der Waals surface area contributed by atoms with Crippen molar-refractivity contribution in [1.29, 1.82) is 0 Å². The van der Waals surface area contributed by atoms with E-state index in [-0.39, 0.29) is 5.41 Å². The largest absolute Gasteiger partial charge is 0.370 e. The highest BCUT2D eigenvalue weighted by Crippen LogP contribution is 2.28. The van der Waals surface area contributed by atoms with Gasteiger partial charge in [0.1, 0.15) is 17.5 Å². The molecular weight excluding hydrogens is 248 g/mol. The summed E-state index contributed by atoms with van der Waals surface area (Å²) in [4.78, 5) is 11.9. The van der Waals surface area contributed by atoms with Gasteiger partial charge in [0.2, 0.25) is 0 Å². The fourth-order valence-electron chi connectivity index (χ4n) is 2.09. The van der Waals surface area contributed by atoms with Crippen molar-refractivity contribution in [3.8, 4) is 0 Å². The lowest BCUT2D eigenvalue weighted by molar-refractivity contribution is 0.544. The van der Waals surface area contributed by atoms with Crippen LogP contribution in [0.15, 0.2) is 0 Å². The first-order valence-electron chi connectivity index (χ1n) is 7.73. The van der Waals surface area contributed by atoms with Gasteiger partial charge in [-0.05, 0) is 27.2 Å². The number of nitrogens with one attached hydrogen (secondary N) is 1. The molecule has 1 heterocycles. The molecule has 0 unspecified atom stereocenters. The third kappa shape index (κ3) is 3.84. The van der Waals surface area contributed by atoms with Crippen LogP contribution in [0.5, 0.6) is 0 Å². The van der Waals surface area contributed by atoms with Gasteiger partial charge in [-0.1, -0.05) is 27.7 Å². The molecule has 0 bridgehead atoms. The van der Waals surface area contributed by atoms with Crippen LogP contribution in [0, 0.1) is 6.92 Å². The quantitative estimate of drug-likeness (QED) is 0.860. The van der Waals surface area contributed by atoms with Gasteiger partial charge in [-0.25, -0.2) is 9.97 Å². The van der Waals surface area contributed by atoms with Gasteiger partial charge in [-0.2, -0.15) is 0 Å². The monoisotopic (exact) mass is 278 g/mol. The SMILES string of the molecule is CCCNc1nc(C(C)(C)C)nc(N(CC)CC)c1C. The van der Waals surface area contributed by atoms with Crippen molar-refractivity contribution in [2.24, 2.45) is 0 Å². The molecule has 0 atom stereocenters. The van der Waals surface area contributed by atoms with Crippen molar-refractivity contribution in [1.82, 2.24) is 9.97 Å². The Morgan fingerprint density at radius 2 is 1.65 bits per heavy atom. The van der Waals surface area contributed by atoms with Crippen LogP contribution in [0.1, 0.15) is 59.4 Å². The molecule has 0 fully saturated rings. The Kier molecular flexibility index (Phi) is 5.78. The van der Waals surface area contributed by atoms with Gasteiger partial charge in [0, 0.05) is 30.6 Å². The van der Waals surface area contributed by atoms with Gasteiger partial charge in [0.05, 0.1) is 0 Å². The van der Waals surface area contributed by atoms with Crippen molar-refractivity contribution in [2.75, 3.05) is 29.9 Å². The average molecular weight is 278 g/mol. The number of nitrogens with zero attached hydrogens (tertiary/aromatic N) is 3. The third-order valence-electron chi connectivity index (χ3n) is 3.40. The van der Waals surface area contributed by atoms with Crippen LogP contribution in [-0.2, 0) is 5.41 Å². The Hall–Kier alpha value is -1.32. The molecule has 0 saturated heterocycles. The minimum Gasteiger partial charge on any atom is -0.370 e. The van der Waals surface area contributed by atoms with Crippen molar-refractivity contribution in [2.45, 2.75) is 60.3 Å². The predicted molar refractivity (Wildman–Crippen MR) is 87.8 cm³/mol. The molecule has 0 aliphatic heterocycles. The number of rotatable bonds is 6. The fourth-order valence-corrected chi connectivity index (χ4v) is 2.09. The summed E-state index contributed by atoms with van der Waals surface area (Å²) in [5.74, 6) is 2.95. The molecule has 0 spiro atoms. The van der Waals surface area contributed by atoms with E-state index in [9.17, 15) is 0 Å². The van der Waals surface area contributed by atoms with Gasteiger partial charge < -0.3 is 10.2 Å². The second kappa shape index (κ2) is 6.91. The van der Waals surface area contributed by atoms with E-state index in [0.717, 1.165) is 49.1 Å². The smallest absolute Gasteiger partial charge is 0.138 e. The Balaban J connectivity index is 3.33. The molecular formula is C16H30N4. The van der Waals surface area contributed by atoms with E-state index < -0.39 is 0 Å². The number of hydrogen-bond acceptors (Lipinski definition) is 4. The Labute approximate surface area is 124 Å². The maximum atomic E-state index is 4.83. The Morgan fingerprint density at radius 3 is 2.10 bits per heavy atom. The second-order valence-electron chi connectivity index (χ2n) is 6.19. The van der Waals surface area contributed by atoms with Crippen LogP contribution in [0.2, 0.25) is 0 Å². The van der Waals surface area contributed by atoms with E-state index in [4.69, 9.17) is 9.97 Å². The highest BCUT2D eigenvalue weighted by molar-refractivity contribution is 5.59. The van der Waals surface area contributed by atoms with Gasteiger partial charge in [0.25, 0.3) is 0 Å². The molecule has 20 heavy (non-hydrogen) atoms. The Morgan fingerprint density at radius 1 is 1.05 bits per heavy atom. The van der Waals surface area contributed by atoms with Crippen LogP contribution in [0.3, 0.4) is 0 Å². The topological polar surface area (TPSA) is 41.1 Å². The van der Waals surface area contributed by atoms with Gasteiger partial charge in [-0.3, -0.25) is 0 Å². The van der Waals surface area contributed by atoms with E-state index >= 15 is 0 Å². The molecule has 0 aromatic carbocycles. The molecule has 1 aromatic heterocycles. The molecule has 0 saturated carbocycles. The van der Waals surface area contributed by atoms with E-state index in [1.807, 2.05) is 0 Å². The summed E-state index contributed by atoms with van der Waals surface area (Å²) in [7, 11) is 0. The molecule has 0 aliphatic carbocycles. The van der Waals surface area contributed by atoms with Crippen molar-refractivity contribution < 1.29 is 0 Å². The van der Waals surface area contributed by atoms with Crippen molar-refractivity contribution in [3.63, 3.8) is 0 Å². The molecule has 1 rings (SSSR count). The molecule has 0 aliphatic rings. The maximum Gasteiger partial charge on any atom is 0.138 e. The zero-order valence-corrected chi connectivity index (χ0v) is 14.2. The summed E-state index contributed by atoms with van der Waals surface area (Å²) in [6.45, 7) is 18.0. The summed E-state index contributed by atoms with van der Waals surface area (Å²) in [5, 5.41) is 3.44. The highest BCUT2D eigenvalue weighted by atomic mass is 15.2. The molecule has 0 radical (unpaired) electrons. The van der Waals surface area contributed by atoms with Crippen LogP contribution >= 0.6 is 0 Å². The second-order valence-corrected chi connectivity index (χ2v) is 6.19. The fraction of sp³-hybridized carbons (Fsp3) is 0.750. The van der Waals surface area contributed by atoms with E-state index in [1.54, 1.807) is 0 Å². The minimum absolute atomic E-state index is 0.0434. The molecule has 4 heteroatoms. The van der Waals surface area contributed by atoms with Crippen LogP contribution in [0.25, 0.3) is 0 Å². The minimum atomic E-state index is -0.0434. The normalized spacial score (nSPS) is 11.6. The lowest BCUT2D eigenvalue weighted by atomic mass is 9.95. The number of aromatic nitrogens is 2. The van der Waals surface area contributed by atoms with Gasteiger partial charge in [-0.15, -0.1) is 0 Å². The van der Waals surface area contributed by atoms with Crippen molar-refractivity contribution >= 4 is 11.6 Å². The predicted octanol–water partition coefficient (Wildman–Crippen LogP) is 3.75. The van der Waals surface area contributed by atoms with E-state index in [2.05, 4.69) is 58.7 Å². The van der Waals surface area contributed by atoms with Crippen LogP contribution in [-0.4, -0.2) is 29.6 Å². The molecule has 4 nitrogen and oxygen atoms in total. The molecule has 0 amide bonds. The number of anilines is 2. The lowest BCUT2D eigenvalue weighted by Crippen LogP contribution is -2.27. The van der Waals surface area contributed by atoms with E-state index in [0.29, 0.717) is 0 Å². The average Bonchev–Trinajstić information content (AvgIpc) is 2.39. The zero-order valence-electron chi connectivity index (χ0n) is 14.2. The third-order valence-corrected chi connectivity index (χ3v) is 3.40. The summed E-state index contributed by atoms with van der Waals surface area (Å²) < 4.78 is 0. The standard InChI is InChI=1S/C16H30N4/c1-8-11-17-13-12(4)14(20(9-2)10-3)19-15(18-13)16(5,6)7/h8-11H2,1-7H3,(H,17,18,19). The Bertz CT molecular complexity index is 431. The molecule has 1 aromatic rings. The van der Waals surface area contributed by atoms with Crippen molar-refractivity contribution in [3.05, 3.63) is 11.4 Å². The first-order valence-corrected chi connectivity index (χ1v) is 7.73. The zero-order chi connectivity index (χ0) is 15.3. The maximum absolute atomic E-state index is 4.83. The van der Waals surface area contributed by atoms with Crippen LogP contribution < -0.4 is 10.2 Å².